The van der Waals surface area contributed by atoms with E-state index in [0.29, 0.717) is 24.9 Å². The number of aromatic nitrogens is 3. The van der Waals surface area contributed by atoms with Gasteiger partial charge in [0.05, 0.1) is 16.9 Å². The standard InChI is InChI=1S/C18H24N4O2S/c23-17(16-11-25-12-19-16)10-21-7-5-13(6-8-21)9-22-18(24)4-3-15(20-22)14-1-2-14/h3-4,11-14,17,23H,1-2,5-10H2. The Labute approximate surface area is 151 Å². The molecule has 25 heavy (non-hydrogen) atoms. The van der Waals surface area contributed by atoms with E-state index < -0.39 is 6.10 Å². The number of aliphatic hydroxyl groups excluding tert-OH is 1. The number of likely N-dealkylation sites (tertiary alicyclic amines) is 1. The fourth-order valence-electron chi connectivity index (χ4n) is 3.51. The normalized spacial score (nSPS) is 20.7. The molecule has 3 heterocycles. The molecule has 7 heteroatoms. The smallest absolute Gasteiger partial charge is 0.266 e. The molecule has 6 nitrogen and oxygen atoms in total. The Bertz CT molecular complexity index is 749. The third kappa shape index (κ3) is 4.16. The molecule has 1 saturated heterocycles. The van der Waals surface area contributed by atoms with Crippen LogP contribution in [0.1, 0.15) is 49.1 Å². The number of piperidine rings is 1. The van der Waals surface area contributed by atoms with Crippen LogP contribution in [0.5, 0.6) is 0 Å². The fraction of sp³-hybridized carbons (Fsp3) is 0.611. The van der Waals surface area contributed by atoms with E-state index in [1.807, 2.05) is 11.4 Å². The van der Waals surface area contributed by atoms with Crippen molar-refractivity contribution in [2.45, 2.75) is 44.2 Å². The van der Waals surface area contributed by atoms with Crippen LogP contribution in [-0.2, 0) is 6.54 Å². The molecule has 0 aromatic carbocycles. The lowest BCUT2D eigenvalue weighted by Crippen LogP contribution is -2.39. The Morgan fingerprint density at radius 3 is 2.72 bits per heavy atom. The van der Waals surface area contributed by atoms with Gasteiger partial charge in [0.15, 0.2) is 0 Å². The molecule has 2 aliphatic rings. The van der Waals surface area contributed by atoms with Gasteiger partial charge < -0.3 is 10.0 Å². The van der Waals surface area contributed by atoms with Crippen LogP contribution in [0.15, 0.2) is 27.8 Å². The first-order chi connectivity index (χ1) is 12.2. The molecule has 0 amide bonds. The summed E-state index contributed by atoms with van der Waals surface area (Å²) < 4.78 is 1.66. The average Bonchev–Trinajstić information content (AvgIpc) is 3.32. The van der Waals surface area contributed by atoms with Crippen molar-refractivity contribution in [3.8, 4) is 0 Å². The molecule has 1 unspecified atom stereocenters. The maximum absolute atomic E-state index is 12.1. The summed E-state index contributed by atoms with van der Waals surface area (Å²) in [6, 6.07) is 3.55. The van der Waals surface area contributed by atoms with Crippen molar-refractivity contribution in [3.05, 3.63) is 44.8 Å². The predicted molar refractivity (Wildman–Crippen MR) is 96.7 cm³/mol. The van der Waals surface area contributed by atoms with Crippen LogP contribution in [0.25, 0.3) is 0 Å². The second-order valence-electron chi connectivity index (χ2n) is 7.23. The van der Waals surface area contributed by atoms with Crippen LogP contribution >= 0.6 is 11.3 Å². The van der Waals surface area contributed by atoms with Gasteiger partial charge in [0, 0.05) is 30.5 Å². The minimum absolute atomic E-state index is 0.00536. The van der Waals surface area contributed by atoms with Gasteiger partial charge in [-0.05, 0) is 50.8 Å². The van der Waals surface area contributed by atoms with Gasteiger partial charge in [-0.15, -0.1) is 11.3 Å². The van der Waals surface area contributed by atoms with E-state index in [4.69, 9.17) is 0 Å². The predicted octanol–water partition coefficient (Wildman–Crippen LogP) is 2.02. The highest BCUT2D eigenvalue weighted by Gasteiger charge is 2.27. The molecular formula is C18H24N4O2S. The monoisotopic (exact) mass is 360 g/mol. The van der Waals surface area contributed by atoms with E-state index in [0.717, 1.165) is 37.3 Å². The van der Waals surface area contributed by atoms with Gasteiger partial charge in [0.1, 0.15) is 6.10 Å². The van der Waals surface area contributed by atoms with Crippen LogP contribution in [0, 0.1) is 5.92 Å². The Morgan fingerprint density at radius 2 is 2.04 bits per heavy atom. The number of hydrogen-bond acceptors (Lipinski definition) is 6. The number of aliphatic hydroxyl groups is 1. The van der Waals surface area contributed by atoms with Crippen LogP contribution in [0.4, 0.5) is 0 Å². The Hall–Kier alpha value is -1.57. The third-order valence-electron chi connectivity index (χ3n) is 5.25. The van der Waals surface area contributed by atoms with Crippen molar-refractivity contribution in [1.29, 1.82) is 0 Å². The summed E-state index contributed by atoms with van der Waals surface area (Å²) in [4.78, 5) is 18.6. The molecule has 134 valence electrons. The first-order valence-corrected chi connectivity index (χ1v) is 10.00. The SMILES string of the molecule is O=c1ccc(C2CC2)nn1CC1CCN(CC(O)c2cscn2)CC1. The van der Waals surface area contributed by atoms with E-state index in [-0.39, 0.29) is 5.56 Å². The molecule has 0 bridgehead atoms. The second kappa shape index (κ2) is 7.35. The summed E-state index contributed by atoms with van der Waals surface area (Å²) in [5.74, 6) is 1.05. The molecular weight excluding hydrogens is 336 g/mol. The maximum Gasteiger partial charge on any atom is 0.266 e. The summed E-state index contributed by atoms with van der Waals surface area (Å²) >= 11 is 1.51. The molecule has 1 saturated carbocycles. The molecule has 2 fully saturated rings. The molecule has 1 aliphatic carbocycles. The zero-order valence-electron chi connectivity index (χ0n) is 14.3. The quantitative estimate of drug-likeness (QED) is 0.853. The summed E-state index contributed by atoms with van der Waals surface area (Å²) in [5.41, 5.74) is 3.60. The van der Waals surface area contributed by atoms with Gasteiger partial charge in [0.2, 0.25) is 0 Å². The molecule has 0 radical (unpaired) electrons. The summed E-state index contributed by atoms with van der Waals surface area (Å²) in [6.07, 6.45) is 3.95. The molecule has 0 spiro atoms. The second-order valence-corrected chi connectivity index (χ2v) is 7.94. The molecule has 2 aromatic rings. The third-order valence-corrected chi connectivity index (χ3v) is 5.85. The van der Waals surface area contributed by atoms with E-state index in [1.54, 1.807) is 16.3 Å². The van der Waals surface area contributed by atoms with Crippen molar-refractivity contribution >= 4 is 11.3 Å². The zero-order chi connectivity index (χ0) is 17.2. The first kappa shape index (κ1) is 16.9. The first-order valence-electron chi connectivity index (χ1n) is 9.05. The van der Waals surface area contributed by atoms with Gasteiger partial charge in [-0.25, -0.2) is 9.67 Å². The van der Waals surface area contributed by atoms with E-state index in [1.165, 1.54) is 24.2 Å². The van der Waals surface area contributed by atoms with Crippen molar-refractivity contribution in [2.24, 2.45) is 5.92 Å². The number of rotatable bonds is 6. The van der Waals surface area contributed by atoms with E-state index in [9.17, 15) is 9.90 Å². The molecule has 1 aliphatic heterocycles. The highest BCUT2D eigenvalue weighted by molar-refractivity contribution is 7.07. The van der Waals surface area contributed by atoms with E-state index in [2.05, 4.69) is 15.0 Å². The highest BCUT2D eigenvalue weighted by Crippen LogP contribution is 2.38. The van der Waals surface area contributed by atoms with Gasteiger partial charge in [-0.2, -0.15) is 5.10 Å². The van der Waals surface area contributed by atoms with Gasteiger partial charge in [-0.3, -0.25) is 4.79 Å². The van der Waals surface area contributed by atoms with Crippen LogP contribution in [0.3, 0.4) is 0 Å². The maximum atomic E-state index is 12.1. The highest BCUT2D eigenvalue weighted by atomic mass is 32.1. The molecule has 1 N–H and O–H groups in total. The van der Waals surface area contributed by atoms with Crippen LogP contribution in [-0.4, -0.2) is 44.4 Å². The van der Waals surface area contributed by atoms with Crippen molar-refractivity contribution in [3.63, 3.8) is 0 Å². The number of nitrogens with zero attached hydrogens (tertiary/aromatic N) is 4. The fourth-order valence-corrected chi connectivity index (χ4v) is 4.11. The number of thiazole rings is 1. The minimum Gasteiger partial charge on any atom is -0.385 e. The lowest BCUT2D eigenvalue weighted by Gasteiger charge is -2.32. The van der Waals surface area contributed by atoms with Crippen molar-refractivity contribution in [2.75, 3.05) is 19.6 Å². The Kier molecular flexibility index (Phi) is 4.96. The van der Waals surface area contributed by atoms with E-state index >= 15 is 0 Å². The van der Waals surface area contributed by atoms with Crippen molar-refractivity contribution in [1.82, 2.24) is 19.7 Å². The minimum atomic E-state index is -0.512. The van der Waals surface area contributed by atoms with Gasteiger partial charge in [0.25, 0.3) is 5.56 Å². The Morgan fingerprint density at radius 1 is 1.24 bits per heavy atom. The van der Waals surface area contributed by atoms with Crippen LogP contribution < -0.4 is 5.56 Å². The van der Waals surface area contributed by atoms with Crippen molar-refractivity contribution < 1.29 is 5.11 Å². The lowest BCUT2D eigenvalue weighted by atomic mass is 9.96. The number of hydrogen-bond donors (Lipinski definition) is 1. The summed E-state index contributed by atoms with van der Waals surface area (Å²) in [5, 5.41) is 16.7. The van der Waals surface area contributed by atoms with Gasteiger partial charge in [-0.1, -0.05) is 0 Å². The molecule has 4 rings (SSSR count). The topological polar surface area (TPSA) is 71.2 Å². The zero-order valence-corrected chi connectivity index (χ0v) is 15.1. The number of β-amino-alcohol motifs (C(OH)–C–C–N with tert-alkyl or cyclic N) is 1. The summed E-state index contributed by atoms with van der Waals surface area (Å²) in [6.45, 7) is 3.24. The molecule has 2 aromatic heterocycles. The average molecular weight is 360 g/mol. The summed E-state index contributed by atoms with van der Waals surface area (Å²) in [7, 11) is 0. The Balaban J connectivity index is 1.30. The largest absolute Gasteiger partial charge is 0.385 e. The molecule has 1 atom stereocenters. The lowest BCUT2D eigenvalue weighted by molar-refractivity contribution is 0.0836. The van der Waals surface area contributed by atoms with Gasteiger partial charge >= 0.3 is 0 Å². The van der Waals surface area contributed by atoms with Crippen LogP contribution in [0.2, 0.25) is 0 Å².